The van der Waals surface area contributed by atoms with E-state index in [9.17, 15) is 0 Å². The Morgan fingerprint density at radius 1 is 1.10 bits per heavy atom. The minimum Gasteiger partial charge on any atom is -0.192 e. The van der Waals surface area contributed by atoms with Crippen LogP contribution < -0.4 is 0 Å². The maximum atomic E-state index is 8.33. The largest absolute Gasteiger partial charge is 0.192 e. The van der Waals surface area contributed by atoms with Gasteiger partial charge in [-0.15, -0.1) is 11.8 Å². The smallest absolute Gasteiger partial charge is 0.153 e. The Kier molecular flexibility index (Phi) is 3.80. The summed E-state index contributed by atoms with van der Waals surface area (Å²) < 4.78 is 0. The highest BCUT2D eigenvalue weighted by Crippen LogP contribution is 2.13. The first kappa shape index (κ1) is 8.56. The van der Waals surface area contributed by atoms with E-state index in [1.165, 1.54) is 0 Å². The van der Waals surface area contributed by atoms with Crippen LogP contribution in [0.3, 0.4) is 0 Å². The quantitative estimate of drug-likeness (QED) is 0.525. The van der Waals surface area contributed by atoms with E-state index in [0.717, 1.165) is 11.8 Å². The fourth-order valence-corrected chi connectivity index (χ4v) is 0.717. The van der Waals surface area contributed by atoms with Gasteiger partial charge in [0.15, 0.2) is 5.57 Å². The van der Waals surface area contributed by atoms with Crippen molar-refractivity contribution in [3.05, 3.63) is 10.5 Å². The molecule has 0 aliphatic heterocycles. The van der Waals surface area contributed by atoms with Crippen molar-refractivity contribution >= 4 is 11.8 Å². The lowest BCUT2D eigenvalue weighted by molar-refractivity contribution is 1.45. The van der Waals surface area contributed by atoms with Crippen LogP contribution in [-0.2, 0) is 0 Å². The number of hydrogen-bond donors (Lipinski definition) is 0. The molecule has 0 rings (SSSR count). The number of allylic oxidation sites excluding steroid dienone is 2. The second-order valence-electron chi connectivity index (χ2n) is 1.24. The Balaban J connectivity index is 4.86. The van der Waals surface area contributed by atoms with Crippen LogP contribution in [0.4, 0.5) is 0 Å². The van der Waals surface area contributed by atoms with E-state index in [1.54, 1.807) is 24.5 Å². The van der Waals surface area contributed by atoms with Gasteiger partial charge in [-0.1, -0.05) is 0 Å². The third-order valence-corrected chi connectivity index (χ3v) is 1.46. The summed E-state index contributed by atoms with van der Waals surface area (Å²) in [4.78, 5) is 0.171. The standard InChI is InChI=1S/C6H3N3S/c1-10-6(4-9)5(2-7)3-8/h1H3. The van der Waals surface area contributed by atoms with Crippen LogP contribution in [0.1, 0.15) is 0 Å². The highest BCUT2D eigenvalue weighted by atomic mass is 32.2. The van der Waals surface area contributed by atoms with E-state index in [1.807, 2.05) is 0 Å². The van der Waals surface area contributed by atoms with Crippen molar-refractivity contribution < 1.29 is 0 Å². The van der Waals surface area contributed by atoms with Gasteiger partial charge in [-0.25, -0.2) is 0 Å². The summed E-state index contributed by atoms with van der Waals surface area (Å²) in [5.74, 6) is 0. The molecule has 0 radical (unpaired) electrons. The molecule has 0 spiro atoms. The minimum absolute atomic E-state index is 0.116. The average Bonchev–Trinajstić information content (AvgIpc) is 2.00. The lowest BCUT2D eigenvalue weighted by Crippen LogP contribution is -1.77. The van der Waals surface area contributed by atoms with Gasteiger partial charge in [0.05, 0.1) is 0 Å². The molecule has 0 heterocycles. The normalized spacial score (nSPS) is 6.60. The average molecular weight is 149 g/mol. The zero-order valence-electron chi connectivity index (χ0n) is 5.25. The molecular formula is C6H3N3S. The van der Waals surface area contributed by atoms with Crippen LogP contribution >= 0.6 is 11.8 Å². The second-order valence-corrected chi connectivity index (χ2v) is 2.06. The number of nitriles is 3. The number of rotatable bonds is 1. The molecule has 0 fully saturated rings. The molecule has 0 saturated heterocycles. The molecule has 10 heavy (non-hydrogen) atoms. The summed E-state index contributed by atoms with van der Waals surface area (Å²) in [7, 11) is 0. The predicted molar refractivity (Wildman–Crippen MR) is 37.4 cm³/mol. The van der Waals surface area contributed by atoms with Crippen molar-refractivity contribution in [3.63, 3.8) is 0 Å². The maximum Gasteiger partial charge on any atom is 0.153 e. The van der Waals surface area contributed by atoms with Crippen molar-refractivity contribution in [1.29, 1.82) is 15.8 Å². The molecule has 0 aromatic heterocycles. The van der Waals surface area contributed by atoms with E-state index in [0.29, 0.717) is 0 Å². The van der Waals surface area contributed by atoms with Crippen molar-refractivity contribution in [2.45, 2.75) is 0 Å². The number of nitrogens with zero attached hydrogens (tertiary/aromatic N) is 3. The first-order valence-electron chi connectivity index (χ1n) is 2.28. The summed E-state index contributed by atoms with van der Waals surface area (Å²) in [5.41, 5.74) is -0.116. The Morgan fingerprint density at radius 2 is 1.60 bits per heavy atom. The van der Waals surface area contributed by atoms with Crippen molar-refractivity contribution in [2.24, 2.45) is 0 Å². The molecule has 48 valence electrons. The van der Waals surface area contributed by atoms with Gasteiger partial charge in [-0.05, 0) is 6.26 Å². The molecule has 0 aliphatic carbocycles. The van der Waals surface area contributed by atoms with Crippen LogP contribution in [0, 0.1) is 34.0 Å². The summed E-state index contributed by atoms with van der Waals surface area (Å²) in [6.45, 7) is 0. The molecule has 4 heteroatoms. The molecule has 0 atom stereocenters. The van der Waals surface area contributed by atoms with Crippen molar-refractivity contribution in [1.82, 2.24) is 0 Å². The Bertz CT molecular complexity index is 255. The number of thioether (sulfide) groups is 1. The van der Waals surface area contributed by atoms with E-state index >= 15 is 0 Å². The van der Waals surface area contributed by atoms with E-state index < -0.39 is 0 Å². The predicted octanol–water partition coefficient (Wildman–Crippen LogP) is 1.17. The van der Waals surface area contributed by atoms with Crippen LogP contribution in [0.15, 0.2) is 10.5 Å². The van der Waals surface area contributed by atoms with E-state index in [4.69, 9.17) is 15.8 Å². The highest BCUT2D eigenvalue weighted by molar-refractivity contribution is 8.02. The summed E-state index contributed by atoms with van der Waals surface area (Å²) in [6, 6.07) is 5.01. The summed E-state index contributed by atoms with van der Waals surface area (Å²) in [6.07, 6.45) is 1.65. The zero-order chi connectivity index (χ0) is 7.98. The molecule has 0 aromatic carbocycles. The van der Waals surface area contributed by atoms with Gasteiger partial charge < -0.3 is 0 Å². The molecule has 0 aromatic rings. The molecule has 0 bridgehead atoms. The Hall–Kier alpha value is -1.44. The van der Waals surface area contributed by atoms with Gasteiger partial charge in [0, 0.05) is 0 Å². The van der Waals surface area contributed by atoms with E-state index in [-0.39, 0.29) is 10.5 Å². The second kappa shape index (κ2) is 4.44. The Labute approximate surface area is 63.2 Å². The summed E-state index contributed by atoms with van der Waals surface area (Å²) >= 11 is 1.10. The van der Waals surface area contributed by atoms with Crippen LogP contribution in [0.25, 0.3) is 0 Å². The van der Waals surface area contributed by atoms with Gasteiger partial charge in [0.2, 0.25) is 0 Å². The van der Waals surface area contributed by atoms with Gasteiger partial charge in [-0.3, -0.25) is 0 Å². The minimum atomic E-state index is -0.116. The highest BCUT2D eigenvalue weighted by Gasteiger charge is 2.01. The van der Waals surface area contributed by atoms with Gasteiger partial charge in [0.1, 0.15) is 23.1 Å². The topological polar surface area (TPSA) is 71.4 Å². The lowest BCUT2D eigenvalue weighted by atomic mass is 10.3. The van der Waals surface area contributed by atoms with Crippen molar-refractivity contribution in [3.8, 4) is 18.2 Å². The van der Waals surface area contributed by atoms with Crippen LogP contribution in [0.5, 0.6) is 0 Å². The molecule has 0 saturated carbocycles. The van der Waals surface area contributed by atoms with Crippen LogP contribution in [-0.4, -0.2) is 6.26 Å². The van der Waals surface area contributed by atoms with Gasteiger partial charge in [-0.2, -0.15) is 15.8 Å². The third kappa shape index (κ3) is 1.82. The zero-order valence-corrected chi connectivity index (χ0v) is 6.07. The fourth-order valence-electron chi connectivity index (χ4n) is 0.330. The molecule has 0 amide bonds. The molecule has 3 nitrogen and oxygen atoms in total. The van der Waals surface area contributed by atoms with Gasteiger partial charge in [0.25, 0.3) is 0 Å². The third-order valence-electron chi connectivity index (χ3n) is 0.756. The lowest BCUT2D eigenvalue weighted by Gasteiger charge is -1.86. The maximum absolute atomic E-state index is 8.33. The fraction of sp³-hybridized carbons (Fsp3) is 0.167. The number of hydrogen-bond acceptors (Lipinski definition) is 4. The first-order valence-corrected chi connectivity index (χ1v) is 3.51. The van der Waals surface area contributed by atoms with E-state index in [2.05, 4.69) is 0 Å². The van der Waals surface area contributed by atoms with Crippen molar-refractivity contribution in [2.75, 3.05) is 6.26 Å². The van der Waals surface area contributed by atoms with Crippen LogP contribution in [0.2, 0.25) is 0 Å². The Morgan fingerprint density at radius 3 is 1.70 bits per heavy atom. The molecular weight excluding hydrogens is 146 g/mol. The monoisotopic (exact) mass is 149 g/mol. The molecule has 0 unspecified atom stereocenters. The molecule has 0 N–H and O–H groups in total. The SMILES string of the molecule is CSC(C#N)=C(C#N)C#N. The first-order chi connectivity index (χ1) is 4.79. The molecule has 0 aliphatic rings. The van der Waals surface area contributed by atoms with Gasteiger partial charge >= 0.3 is 0 Å². The summed E-state index contributed by atoms with van der Waals surface area (Å²) in [5, 5.41) is 24.9.